The highest BCUT2D eigenvalue weighted by atomic mass is 35.5. The van der Waals surface area contributed by atoms with Crippen LogP contribution in [0.4, 0.5) is 0 Å². The Balaban J connectivity index is 2.06. The van der Waals surface area contributed by atoms with Crippen molar-refractivity contribution in [3.05, 3.63) is 15.5 Å². The number of amidine groups is 1. The standard InChI is InChI=1S/C8H7ClN4S2/c9-7-11-3-6(15-7)4-13-1-2-14-8(13)12-5-10/h3H,1-2,4H2/b12-8+. The van der Waals surface area contributed by atoms with Crippen LogP contribution in [0.3, 0.4) is 0 Å². The highest BCUT2D eigenvalue weighted by molar-refractivity contribution is 8.14. The van der Waals surface area contributed by atoms with Crippen LogP contribution in [0.15, 0.2) is 11.2 Å². The summed E-state index contributed by atoms with van der Waals surface area (Å²) in [6.45, 7) is 1.65. The maximum Gasteiger partial charge on any atom is 0.208 e. The molecule has 7 heteroatoms. The molecule has 0 aliphatic carbocycles. The maximum absolute atomic E-state index is 8.51. The summed E-state index contributed by atoms with van der Waals surface area (Å²) >= 11 is 8.81. The van der Waals surface area contributed by atoms with Gasteiger partial charge in [-0.25, -0.2) is 4.98 Å². The van der Waals surface area contributed by atoms with Crippen molar-refractivity contribution in [2.45, 2.75) is 6.54 Å². The van der Waals surface area contributed by atoms with Crippen LogP contribution in [-0.2, 0) is 6.54 Å². The van der Waals surface area contributed by atoms with Gasteiger partial charge in [0.15, 0.2) is 9.63 Å². The lowest BCUT2D eigenvalue weighted by Gasteiger charge is -2.14. The SMILES string of the molecule is N#C/N=C1/SCCN1Cc1cnc(Cl)s1. The predicted octanol–water partition coefficient (Wildman–Crippen LogP) is 2.18. The monoisotopic (exact) mass is 258 g/mol. The third-order valence-electron chi connectivity index (χ3n) is 1.88. The van der Waals surface area contributed by atoms with Gasteiger partial charge >= 0.3 is 0 Å². The molecule has 78 valence electrons. The first kappa shape index (κ1) is 10.7. The molecule has 0 bridgehead atoms. The number of nitriles is 1. The Kier molecular flexibility index (Phi) is 3.46. The zero-order valence-electron chi connectivity index (χ0n) is 7.68. The zero-order valence-corrected chi connectivity index (χ0v) is 10.1. The third kappa shape index (κ3) is 2.62. The molecule has 1 fully saturated rings. The topological polar surface area (TPSA) is 52.3 Å². The van der Waals surface area contributed by atoms with Crippen LogP contribution < -0.4 is 0 Å². The van der Waals surface area contributed by atoms with E-state index in [4.69, 9.17) is 16.9 Å². The van der Waals surface area contributed by atoms with Gasteiger partial charge in [-0.2, -0.15) is 5.26 Å². The summed E-state index contributed by atoms with van der Waals surface area (Å²) in [5.41, 5.74) is 0. The molecule has 0 unspecified atom stereocenters. The van der Waals surface area contributed by atoms with Gasteiger partial charge < -0.3 is 4.90 Å². The van der Waals surface area contributed by atoms with Gasteiger partial charge in [0.25, 0.3) is 0 Å². The number of halogens is 1. The van der Waals surface area contributed by atoms with Gasteiger partial charge in [-0.1, -0.05) is 23.4 Å². The van der Waals surface area contributed by atoms with E-state index in [0.717, 1.165) is 28.9 Å². The molecule has 0 N–H and O–H groups in total. The van der Waals surface area contributed by atoms with Crippen molar-refractivity contribution in [3.8, 4) is 6.19 Å². The lowest BCUT2D eigenvalue weighted by Crippen LogP contribution is -2.23. The molecular formula is C8H7ClN4S2. The lowest BCUT2D eigenvalue weighted by atomic mass is 10.5. The minimum absolute atomic E-state index is 0.552. The van der Waals surface area contributed by atoms with Crippen LogP contribution >= 0.6 is 34.7 Å². The van der Waals surface area contributed by atoms with E-state index in [-0.39, 0.29) is 0 Å². The number of thiazole rings is 1. The summed E-state index contributed by atoms with van der Waals surface area (Å²) in [5, 5.41) is 9.30. The first-order valence-corrected chi connectivity index (χ1v) is 6.42. The Bertz CT molecular complexity index is 423. The number of hydrogen-bond donors (Lipinski definition) is 0. The van der Waals surface area contributed by atoms with Crippen molar-refractivity contribution >= 4 is 39.9 Å². The van der Waals surface area contributed by atoms with E-state index in [0.29, 0.717) is 4.47 Å². The minimum atomic E-state index is 0.552. The molecule has 0 spiro atoms. The Labute approximate surface area is 101 Å². The van der Waals surface area contributed by atoms with Gasteiger partial charge in [-0.15, -0.1) is 16.3 Å². The van der Waals surface area contributed by atoms with Crippen LogP contribution in [0.25, 0.3) is 0 Å². The van der Waals surface area contributed by atoms with Crippen molar-refractivity contribution in [1.29, 1.82) is 5.26 Å². The molecule has 2 rings (SSSR count). The number of aliphatic imine (C=N–C) groups is 1. The van der Waals surface area contributed by atoms with Crippen molar-refractivity contribution in [3.63, 3.8) is 0 Å². The predicted molar refractivity (Wildman–Crippen MR) is 63.0 cm³/mol. The number of nitrogens with zero attached hydrogens (tertiary/aromatic N) is 4. The highest BCUT2D eigenvalue weighted by Gasteiger charge is 2.20. The van der Waals surface area contributed by atoms with E-state index in [9.17, 15) is 0 Å². The van der Waals surface area contributed by atoms with E-state index in [1.165, 1.54) is 11.3 Å². The quantitative estimate of drug-likeness (QED) is 0.763. The van der Waals surface area contributed by atoms with E-state index >= 15 is 0 Å². The molecule has 1 saturated heterocycles. The largest absolute Gasteiger partial charge is 0.345 e. The zero-order chi connectivity index (χ0) is 10.7. The molecule has 0 aromatic carbocycles. The van der Waals surface area contributed by atoms with Gasteiger partial charge in [-0.3, -0.25) is 0 Å². The Morgan fingerprint density at radius 2 is 2.60 bits per heavy atom. The average Bonchev–Trinajstić information content (AvgIpc) is 2.78. The average molecular weight is 259 g/mol. The molecule has 0 amide bonds. The molecule has 2 heterocycles. The second kappa shape index (κ2) is 4.84. The van der Waals surface area contributed by atoms with E-state index in [1.807, 2.05) is 6.19 Å². The normalized spacial score (nSPS) is 18.4. The van der Waals surface area contributed by atoms with Crippen LogP contribution in [-0.4, -0.2) is 27.3 Å². The van der Waals surface area contributed by atoms with Crippen molar-refractivity contribution in [2.24, 2.45) is 4.99 Å². The Morgan fingerprint density at radius 3 is 3.27 bits per heavy atom. The molecule has 0 radical (unpaired) electrons. The molecule has 15 heavy (non-hydrogen) atoms. The van der Waals surface area contributed by atoms with Crippen LogP contribution in [0, 0.1) is 11.5 Å². The van der Waals surface area contributed by atoms with Crippen LogP contribution in [0.2, 0.25) is 4.47 Å². The van der Waals surface area contributed by atoms with E-state index in [2.05, 4.69) is 14.9 Å². The Morgan fingerprint density at radius 1 is 1.73 bits per heavy atom. The molecule has 0 saturated carbocycles. The Hall–Kier alpha value is -0.770. The van der Waals surface area contributed by atoms with Crippen LogP contribution in [0.5, 0.6) is 0 Å². The third-order valence-corrected chi connectivity index (χ3v) is 3.97. The van der Waals surface area contributed by atoms with Gasteiger partial charge in [0.2, 0.25) is 6.19 Å². The van der Waals surface area contributed by atoms with Crippen molar-refractivity contribution in [2.75, 3.05) is 12.3 Å². The maximum atomic E-state index is 8.51. The van der Waals surface area contributed by atoms with E-state index < -0.39 is 0 Å². The fourth-order valence-corrected chi connectivity index (χ4v) is 3.20. The number of hydrogen-bond acceptors (Lipinski definition) is 5. The fraction of sp³-hybridized carbons (Fsp3) is 0.375. The molecule has 0 atom stereocenters. The van der Waals surface area contributed by atoms with Gasteiger partial charge in [-0.05, 0) is 0 Å². The number of thioether (sulfide) groups is 1. The molecule has 1 aromatic rings. The summed E-state index contributed by atoms with van der Waals surface area (Å²) in [5.74, 6) is 0.979. The fourth-order valence-electron chi connectivity index (χ4n) is 1.27. The first-order valence-electron chi connectivity index (χ1n) is 4.24. The summed E-state index contributed by atoms with van der Waals surface area (Å²) in [4.78, 5) is 10.9. The molecule has 4 nitrogen and oxygen atoms in total. The number of rotatable bonds is 2. The van der Waals surface area contributed by atoms with Crippen LogP contribution in [0.1, 0.15) is 4.88 Å². The first-order chi connectivity index (χ1) is 7.29. The van der Waals surface area contributed by atoms with E-state index in [1.54, 1.807) is 18.0 Å². The van der Waals surface area contributed by atoms with Gasteiger partial charge in [0.1, 0.15) is 0 Å². The summed E-state index contributed by atoms with van der Waals surface area (Å²) < 4.78 is 0.552. The second-order valence-corrected chi connectivity index (χ2v) is 5.60. The molecule has 1 aliphatic heterocycles. The molecular weight excluding hydrogens is 252 g/mol. The van der Waals surface area contributed by atoms with Gasteiger partial charge in [0.05, 0.1) is 6.54 Å². The highest BCUT2D eigenvalue weighted by Crippen LogP contribution is 2.24. The van der Waals surface area contributed by atoms with Crippen molar-refractivity contribution < 1.29 is 0 Å². The second-order valence-electron chi connectivity index (χ2n) is 2.84. The lowest BCUT2D eigenvalue weighted by molar-refractivity contribution is 0.461. The summed E-state index contributed by atoms with van der Waals surface area (Å²) in [6.07, 6.45) is 3.58. The summed E-state index contributed by atoms with van der Waals surface area (Å²) in [6, 6.07) is 0. The molecule has 1 aliphatic rings. The minimum Gasteiger partial charge on any atom is -0.345 e. The smallest absolute Gasteiger partial charge is 0.208 e. The molecule has 1 aromatic heterocycles. The summed E-state index contributed by atoms with van der Waals surface area (Å²) in [7, 11) is 0. The number of aromatic nitrogens is 1. The van der Waals surface area contributed by atoms with Gasteiger partial charge in [0, 0.05) is 23.4 Å². The van der Waals surface area contributed by atoms with Crippen molar-refractivity contribution in [1.82, 2.24) is 9.88 Å².